The molecular formula is C21H20ClN3O4S. The number of hydrogen-bond acceptors (Lipinski definition) is 5. The minimum Gasteiger partial charge on any atom is -0.482 e. The smallest absolute Gasteiger partial charge is 0.263 e. The van der Waals surface area contributed by atoms with Gasteiger partial charge in [0.15, 0.2) is 16.4 Å². The van der Waals surface area contributed by atoms with Crippen LogP contribution in [0.2, 0.25) is 5.02 Å². The first-order valence-corrected chi connectivity index (χ1v) is 11.6. The second kappa shape index (κ2) is 8.49. The summed E-state index contributed by atoms with van der Waals surface area (Å²) in [6, 6.07) is 17.8. The van der Waals surface area contributed by atoms with Gasteiger partial charge in [0.2, 0.25) is 0 Å². The average molecular weight is 446 g/mol. The minimum atomic E-state index is -3.11. The fraction of sp³-hybridized carbons (Fsp3) is 0.238. The molecule has 1 amide bonds. The van der Waals surface area contributed by atoms with Crippen LogP contribution in [0.4, 0.5) is 5.82 Å². The maximum Gasteiger partial charge on any atom is 0.263 e. The van der Waals surface area contributed by atoms with Gasteiger partial charge in [-0.1, -0.05) is 54.1 Å². The van der Waals surface area contributed by atoms with E-state index in [1.807, 2.05) is 30.3 Å². The van der Waals surface area contributed by atoms with Gasteiger partial charge in [0.05, 0.1) is 28.3 Å². The summed E-state index contributed by atoms with van der Waals surface area (Å²) >= 11 is 6.05. The van der Waals surface area contributed by atoms with Gasteiger partial charge in [-0.15, -0.1) is 0 Å². The van der Waals surface area contributed by atoms with Crippen LogP contribution in [0, 0.1) is 0 Å². The van der Waals surface area contributed by atoms with E-state index in [4.69, 9.17) is 16.3 Å². The van der Waals surface area contributed by atoms with Gasteiger partial charge < -0.3 is 10.1 Å². The number of carbonyl (C=O) groups excluding carboxylic acids is 1. The molecule has 1 saturated heterocycles. The van der Waals surface area contributed by atoms with Crippen molar-refractivity contribution in [2.75, 3.05) is 23.4 Å². The standard InChI is InChI=1S/C21H20ClN3O4S/c22-17-8-4-5-9-19(17)29-13-21(26)23-20-12-18(15-6-2-1-3-7-15)24-25(20)16-10-11-30(27,28)14-16/h1-9,12,16H,10-11,13-14H2,(H,23,26). The highest BCUT2D eigenvalue weighted by atomic mass is 35.5. The lowest BCUT2D eigenvalue weighted by atomic mass is 10.1. The number of ether oxygens (including phenoxy) is 1. The maximum absolute atomic E-state index is 12.5. The lowest BCUT2D eigenvalue weighted by Crippen LogP contribution is -2.23. The van der Waals surface area contributed by atoms with Gasteiger partial charge in [-0.25, -0.2) is 13.1 Å². The number of para-hydroxylation sites is 1. The number of hydrogen-bond donors (Lipinski definition) is 1. The van der Waals surface area contributed by atoms with Gasteiger partial charge in [-0.2, -0.15) is 5.10 Å². The van der Waals surface area contributed by atoms with E-state index in [-0.39, 0.29) is 24.2 Å². The maximum atomic E-state index is 12.5. The first-order valence-electron chi connectivity index (χ1n) is 9.44. The predicted octanol–water partition coefficient (Wildman–Crippen LogP) is 3.58. The summed E-state index contributed by atoms with van der Waals surface area (Å²) in [4.78, 5) is 12.5. The zero-order valence-electron chi connectivity index (χ0n) is 16.0. The van der Waals surface area contributed by atoms with Crippen molar-refractivity contribution in [1.29, 1.82) is 0 Å². The highest BCUT2D eigenvalue weighted by Gasteiger charge is 2.31. The van der Waals surface area contributed by atoms with Gasteiger partial charge >= 0.3 is 0 Å². The highest BCUT2D eigenvalue weighted by Crippen LogP contribution is 2.30. The number of benzene rings is 2. The molecule has 1 N–H and O–H groups in total. The molecule has 0 saturated carbocycles. The summed E-state index contributed by atoms with van der Waals surface area (Å²) in [6.07, 6.45) is 0.456. The molecule has 0 radical (unpaired) electrons. The molecule has 0 aliphatic carbocycles. The summed E-state index contributed by atoms with van der Waals surface area (Å²) in [6.45, 7) is -0.238. The van der Waals surface area contributed by atoms with E-state index < -0.39 is 15.7 Å². The Morgan fingerprint density at radius 1 is 1.17 bits per heavy atom. The van der Waals surface area contributed by atoms with Crippen LogP contribution in [-0.2, 0) is 14.6 Å². The van der Waals surface area contributed by atoms with Crippen molar-refractivity contribution in [1.82, 2.24) is 9.78 Å². The molecule has 2 aromatic carbocycles. The minimum absolute atomic E-state index is 0.00189. The molecule has 0 spiro atoms. The SMILES string of the molecule is O=C(COc1ccccc1Cl)Nc1cc(-c2ccccc2)nn1C1CCS(=O)(=O)C1. The monoisotopic (exact) mass is 445 g/mol. The molecule has 1 aliphatic rings. The van der Waals surface area contributed by atoms with Crippen LogP contribution in [0.5, 0.6) is 5.75 Å². The zero-order valence-corrected chi connectivity index (χ0v) is 17.6. The lowest BCUT2D eigenvalue weighted by molar-refractivity contribution is -0.118. The molecule has 4 rings (SSSR count). The van der Waals surface area contributed by atoms with E-state index in [0.29, 0.717) is 28.7 Å². The van der Waals surface area contributed by atoms with E-state index in [1.165, 1.54) is 0 Å². The molecule has 3 aromatic rings. The van der Waals surface area contributed by atoms with Crippen LogP contribution in [0.1, 0.15) is 12.5 Å². The van der Waals surface area contributed by atoms with Crippen LogP contribution in [0.3, 0.4) is 0 Å². The topological polar surface area (TPSA) is 90.3 Å². The number of anilines is 1. The van der Waals surface area contributed by atoms with Gasteiger partial charge in [-0.3, -0.25) is 4.79 Å². The quantitative estimate of drug-likeness (QED) is 0.626. The number of carbonyl (C=O) groups is 1. The lowest BCUT2D eigenvalue weighted by Gasteiger charge is -2.14. The van der Waals surface area contributed by atoms with Crippen LogP contribution in [0.25, 0.3) is 11.3 Å². The highest BCUT2D eigenvalue weighted by molar-refractivity contribution is 7.91. The summed E-state index contributed by atoms with van der Waals surface area (Å²) < 4.78 is 31.0. The molecule has 156 valence electrons. The van der Waals surface area contributed by atoms with Crippen molar-refractivity contribution in [3.8, 4) is 17.0 Å². The third-order valence-electron chi connectivity index (χ3n) is 4.82. The Morgan fingerprint density at radius 3 is 2.60 bits per heavy atom. The number of amides is 1. The van der Waals surface area contributed by atoms with E-state index >= 15 is 0 Å². The molecule has 1 unspecified atom stereocenters. The molecule has 30 heavy (non-hydrogen) atoms. The molecule has 1 atom stereocenters. The molecule has 1 aromatic heterocycles. The van der Waals surface area contributed by atoms with E-state index in [2.05, 4.69) is 10.4 Å². The first kappa shape index (κ1) is 20.4. The zero-order chi connectivity index (χ0) is 21.1. The second-order valence-electron chi connectivity index (χ2n) is 7.05. The summed E-state index contributed by atoms with van der Waals surface area (Å²) in [5, 5.41) is 7.80. The number of halogens is 1. The molecule has 1 aliphatic heterocycles. The third-order valence-corrected chi connectivity index (χ3v) is 6.89. The summed E-state index contributed by atoms with van der Waals surface area (Å²) in [5.74, 6) is 0.568. The van der Waals surface area contributed by atoms with Crippen molar-refractivity contribution in [3.63, 3.8) is 0 Å². The van der Waals surface area contributed by atoms with Crippen molar-refractivity contribution < 1.29 is 17.9 Å². The van der Waals surface area contributed by atoms with E-state index in [1.54, 1.807) is 35.0 Å². The summed E-state index contributed by atoms with van der Waals surface area (Å²) in [7, 11) is -3.11. The van der Waals surface area contributed by atoms with Crippen LogP contribution in [0.15, 0.2) is 60.7 Å². The van der Waals surface area contributed by atoms with Gasteiger partial charge in [0.25, 0.3) is 5.91 Å². The normalized spacial score (nSPS) is 17.6. The van der Waals surface area contributed by atoms with Crippen LogP contribution in [-0.4, -0.2) is 42.2 Å². The van der Waals surface area contributed by atoms with Crippen molar-refractivity contribution >= 4 is 33.2 Å². The van der Waals surface area contributed by atoms with Gasteiger partial charge in [0, 0.05) is 11.6 Å². The molecule has 0 bridgehead atoms. The fourth-order valence-corrected chi connectivity index (χ4v) is 5.25. The Balaban J connectivity index is 1.55. The number of aromatic nitrogens is 2. The number of sulfone groups is 1. The molecule has 2 heterocycles. The Labute approximate surface area is 179 Å². The predicted molar refractivity (Wildman–Crippen MR) is 116 cm³/mol. The summed E-state index contributed by atoms with van der Waals surface area (Å²) in [5.41, 5.74) is 1.53. The molecular weight excluding hydrogens is 426 g/mol. The average Bonchev–Trinajstić information content (AvgIpc) is 3.31. The van der Waals surface area contributed by atoms with Gasteiger partial charge in [0.1, 0.15) is 11.6 Å². The Morgan fingerprint density at radius 2 is 1.90 bits per heavy atom. The van der Waals surface area contributed by atoms with E-state index in [9.17, 15) is 13.2 Å². The Bertz CT molecular complexity index is 1160. The van der Waals surface area contributed by atoms with E-state index in [0.717, 1.165) is 5.56 Å². The largest absolute Gasteiger partial charge is 0.482 e. The number of nitrogens with zero attached hydrogens (tertiary/aromatic N) is 2. The van der Waals surface area contributed by atoms with Crippen LogP contribution >= 0.6 is 11.6 Å². The van der Waals surface area contributed by atoms with Crippen molar-refractivity contribution in [2.45, 2.75) is 12.5 Å². The molecule has 7 nitrogen and oxygen atoms in total. The van der Waals surface area contributed by atoms with Crippen molar-refractivity contribution in [3.05, 3.63) is 65.7 Å². The van der Waals surface area contributed by atoms with Crippen molar-refractivity contribution in [2.24, 2.45) is 0 Å². The number of rotatable bonds is 6. The Hall–Kier alpha value is -2.84. The first-order chi connectivity index (χ1) is 14.4. The molecule has 9 heteroatoms. The number of nitrogens with one attached hydrogen (secondary N) is 1. The third kappa shape index (κ3) is 4.66. The second-order valence-corrected chi connectivity index (χ2v) is 9.69. The fourth-order valence-electron chi connectivity index (χ4n) is 3.37. The Kier molecular flexibility index (Phi) is 5.78. The molecule has 1 fully saturated rings. The van der Waals surface area contributed by atoms with Gasteiger partial charge in [-0.05, 0) is 18.6 Å². The van der Waals surface area contributed by atoms with Crippen LogP contribution < -0.4 is 10.1 Å².